The van der Waals surface area contributed by atoms with Gasteiger partial charge in [0.15, 0.2) is 5.76 Å². The summed E-state index contributed by atoms with van der Waals surface area (Å²) < 4.78 is 10.2. The molecular weight excluding hydrogens is 208 g/mol. The highest BCUT2D eigenvalue weighted by atomic mass is 16.5. The van der Waals surface area contributed by atoms with Gasteiger partial charge >= 0.3 is 0 Å². The average molecular weight is 226 g/mol. The van der Waals surface area contributed by atoms with Crippen molar-refractivity contribution in [1.82, 2.24) is 4.90 Å². The SMILES string of the molecule is COCCCN(C)C(=O)c1ccc(CN)o1. The molecular formula is C11H18N2O3. The number of hydrogen-bond donors (Lipinski definition) is 1. The molecule has 1 aromatic heterocycles. The molecule has 0 radical (unpaired) electrons. The van der Waals surface area contributed by atoms with Crippen molar-refractivity contribution in [3.63, 3.8) is 0 Å². The van der Waals surface area contributed by atoms with Gasteiger partial charge in [-0.1, -0.05) is 0 Å². The van der Waals surface area contributed by atoms with Crippen LogP contribution in [0.4, 0.5) is 0 Å². The lowest BCUT2D eigenvalue weighted by Gasteiger charge is -2.15. The van der Waals surface area contributed by atoms with E-state index >= 15 is 0 Å². The molecule has 1 heterocycles. The number of furan rings is 1. The molecule has 2 N–H and O–H groups in total. The highest BCUT2D eigenvalue weighted by Crippen LogP contribution is 2.09. The average Bonchev–Trinajstić information content (AvgIpc) is 2.76. The second kappa shape index (κ2) is 6.30. The van der Waals surface area contributed by atoms with Gasteiger partial charge < -0.3 is 19.8 Å². The summed E-state index contributed by atoms with van der Waals surface area (Å²) in [6.45, 7) is 1.59. The van der Waals surface area contributed by atoms with E-state index in [1.807, 2.05) is 0 Å². The molecule has 0 atom stereocenters. The Hall–Kier alpha value is -1.33. The molecule has 0 aromatic carbocycles. The zero-order valence-corrected chi connectivity index (χ0v) is 9.73. The largest absolute Gasteiger partial charge is 0.455 e. The molecule has 0 spiro atoms. The number of carbonyl (C=O) groups excluding carboxylic acids is 1. The molecule has 0 unspecified atom stereocenters. The molecule has 1 aromatic rings. The third-order valence-electron chi connectivity index (χ3n) is 2.26. The molecule has 0 bridgehead atoms. The van der Waals surface area contributed by atoms with Crippen molar-refractivity contribution in [3.05, 3.63) is 23.7 Å². The van der Waals surface area contributed by atoms with Crippen LogP contribution < -0.4 is 5.73 Å². The molecule has 0 aliphatic heterocycles. The molecule has 0 fully saturated rings. The van der Waals surface area contributed by atoms with Crippen molar-refractivity contribution in [3.8, 4) is 0 Å². The summed E-state index contributed by atoms with van der Waals surface area (Å²) in [5, 5.41) is 0. The van der Waals surface area contributed by atoms with Crippen molar-refractivity contribution in [2.24, 2.45) is 5.73 Å². The van der Waals surface area contributed by atoms with Gasteiger partial charge in [0.1, 0.15) is 5.76 Å². The van der Waals surface area contributed by atoms with Gasteiger partial charge in [0, 0.05) is 27.3 Å². The zero-order chi connectivity index (χ0) is 12.0. The number of rotatable bonds is 6. The molecule has 1 amide bonds. The second-order valence-corrected chi connectivity index (χ2v) is 3.54. The van der Waals surface area contributed by atoms with Crippen LogP contribution in [-0.4, -0.2) is 38.1 Å². The maximum atomic E-state index is 11.8. The Labute approximate surface area is 95.2 Å². The van der Waals surface area contributed by atoms with Gasteiger partial charge in [0.25, 0.3) is 5.91 Å². The van der Waals surface area contributed by atoms with E-state index < -0.39 is 0 Å². The summed E-state index contributed by atoms with van der Waals surface area (Å²) in [4.78, 5) is 13.4. The summed E-state index contributed by atoms with van der Waals surface area (Å²) in [6, 6.07) is 3.37. The van der Waals surface area contributed by atoms with Crippen LogP contribution in [0, 0.1) is 0 Å². The highest BCUT2D eigenvalue weighted by molar-refractivity contribution is 5.91. The molecule has 16 heavy (non-hydrogen) atoms. The van der Waals surface area contributed by atoms with Crippen LogP contribution in [0.15, 0.2) is 16.5 Å². The maximum absolute atomic E-state index is 11.8. The van der Waals surface area contributed by atoms with Crippen molar-refractivity contribution in [2.45, 2.75) is 13.0 Å². The third-order valence-corrected chi connectivity index (χ3v) is 2.26. The molecule has 5 nitrogen and oxygen atoms in total. The zero-order valence-electron chi connectivity index (χ0n) is 9.73. The Balaban J connectivity index is 2.49. The van der Waals surface area contributed by atoms with E-state index in [0.29, 0.717) is 31.2 Å². The van der Waals surface area contributed by atoms with E-state index in [1.54, 1.807) is 31.2 Å². The van der Waals surface area contributed by atoms with Crippen LogP contribution in [0.5, 0.6) is 0 Å². The summed E-state index contributed by atoms with van der Waals surface area (Å²) >= 11 is 0. The Morgan fingerprint density at radius 3 is 2.88 bits per heavy atom. The first-order chi connectivity index (χ1) is 7.69. The standard InChI is InChI=1S/C11H18N2O3/c1-13(6-3-7-15-2)11(14)10-5-4-9(8-12)16-10/h4-5H,3,6-8,12H2,1-2H3. The molecule has 90 valence electrons. The van der Waals surface area contributed by atoms with E-state index in [0.717, 1.165) is 6.42 Å². The maximum Gasteiger partial charge on any atom is 0.289 e. The van der Waals surface area contributed by atoms with Crippen LogP contribution in [0.2, 0.25) is 0 Å². The smallest absolute Gasteiger partial charge is 0.289 e. The minimum Gasteiger partial charge on any atom is -0.455 e. The van der Waals surface area contributed by atoms with Gasteiger partial charge in [-0.25, -0.2) is 0 Å². The predicted molar refractivity (Wildman–Crippen MR) is 60.1 cm³/mol. The lowest BCUT2D eigenvalue weighted by molar-refractivity contribution is 0.0746. The Kier molecular flexibility index (Phi) is 5.01. The molecule has 0 aliphatic carbocycles. The number of methoxy groups -OCH3 is 1. The number of nitrogens with two attached hydrogens (primary N) is 1. The summed E-state index contributed by atoms with van der Waals surface area (Å²) in [5.74, 6) is 0.824. The van der Waals surface area contributed by atoms with Crippen LogP contribution in [0.3, 0.4) is 0 Å². The number of hydrogen-bond acceptors (Lipinski definition) is 4. The van der Waals surface area contributed by atoms with Crippen LogP contribution in [-0.2, 0) is 11.3 Å². The van der Waals surface area contributed by atoms with Gasteiger partial charge in [0.05, 0.1) is 6.54 Å². The Morgan fingerprint density at radius 1 is 1.56 bits per heavy atom. The van der Waals surface area contributed by atoms with Gasteiger partial charge in [0.2, 0.25) is 0 Å². The number of ether oxygens (including phenoxy) is 1. The number of amides is 1. The van der Waals surface area contributed by atoms with E-state index in [4.69, 9.17) is 14.9 Å². The quantitative estimate of drug-likeness (QED) is 0.730. The fraction of sp³-hybridized carbons (Fsp3) is 0.545. The van der Waals surface area contributed by atoms with Crippen molar-refractivity contribution >= 4 is 5.91 Å². The monoisotopic (exact) mass is 226 g/mol. The van der Waals surface area contributed by atoms with Crippen LogP contribution in [0.1, 0.15) is 22.7 Å². The fourth-order valence-electron chi connectivity index (χ4n) is 1.34. The van der Waals surface area contributed by atoms with E-state index in [2.05, 4.69) is 0 Å². The van der Waals surface area contributed by atoms with Gasteiger partial charge in [-0.15, -0.1) is 0 Å². The van der Waals surface area contributed by atoms with E-state index in [1.165, 1.54) is 0 Å². The van der Waals surface area contributed by atoms with Crippen LogP contribution in [0.25, 0.3) is 0 Å². The minimum atomic E-state index is -0.129. The predicted octanol–water partition coefficient (Wildman–Crippen LogP) is 0.847. The third kappa shape index (κ3) is 3.36. The minimum absolute atomic E-state index is 0.129. The van der Waals surface area contributed by atoms with Gasteiger partial charge in [-0.3, -0.25) is 4.79 Å². The number of nitrogens with zero attached hydrogens (tertiary/aromatic N) is 1. The first-order valence-corrected chi connectivity index (χ1v) is 5.22. The first kappa shape index (κ1) is 12.7. The molecule has 0 saturated heterocycles. The first-order valence-electron chi connectivity index (χ1n) is 5.22. The summed E-state index contributed by atoms with van der Waals surface area (Å²) in [6.07, 6.45) is 0.809. The molecule has 1 rings (SSSR count). The Morgan fingerprint density at radius 2 is 2.31 bits per heavy atom. The summed E-state index contributed by atoms with van der Waals surface area (Å²) in [5.41, 5.74) is 5.40. The molecule has 0 saturated carbocycles. The van der Waals surface area contributed by atoms with E-state index in [9.17, 15) is 4.79 Å². The Bertz CT molecular complexity index is 336. The lowest BCUT2D eigenvalue weighted by atomic mass is 10.3. The van der Waals surface area contributed by atoms with E-state index in [-0.39, 0.29) is 5.91 Å². The van der Waals surface area contributed by atoms with Gasteiger partial charge in [-0.2, -0.15) is 0 Å². The molecule has 0 aliphatic rings. The topological polar surface area (TPSA) is 68.7 Å². The summed E-state index contributed by atoms with van der Waals surface area (Å²) in [7, 11) is 3.38. The van der Waals surface area contributed by atoms with Crippen molar-refractivity contribution in [1.29, 1.82) is 0 Å². The van der Waals surface area contributed by atoms with Crippen molar-refractivity contribution in [2.75, 3.05) is 27.3 Å². The van der Waals surface area contributed by atoms with Gasteiger partial charge in [-0.05, 0) is 18.6 Å². The lowest BCUT2D eigenvalue weighted by Crippen LogP contribution is -2.28. The fourth-order valence-corrected chi connectivity index (χ4v) is 1.34. The normalized spacial score (nSPS) is 10.4. The highest BCUT2D eigenvalue weighted by Gasteiger charge is 2.15. The van der Waals surface area contributed by atoms with Crippen molar-refractivity contribution < 1.29 is 13.9 Å². The second-order valence-electron chi connectivity index (χ2n) is 3.54. The molecule has 5 heteroatoms. The number of carbonyl (C=O) groups is 1. The van der Waals surface area contributed by atoms with Crippen LogP contribution >= 0.6 is 0 Å².